The number of rotatable bonds is 3. The predicted molar refractivity (Wildman–Crippen MR) is 81.2 cm³/mol. The fraction of sp³-hybridized carbons (Fsp3) is 0.400. The van der Waals surface area contributed by atoms with Gasteiger partial charge in [-0.25, -0.2) is 4.79 Å². The standard InChI is InChI=1S/C15H18BrNO2/c1-5-6-7-11-8-9-12(16)10-13(11)17-14(18)19-15(2,3)4/h1,8-10H,6-7H2,2-4H3,(H,17,18). The maximum Gasteiger partial charge on any atom is 0.412 e. The van der Waals surface area contributed by atoms with E-state index >= 15 is 0 Å². The lowest BCUT2D eigenvalue weighted by Crippen LogP contribution is -2.27. The third-order valence-corrected chi connectivity index (χ3v) is 2.74. The van der Waals surface area contributed by atoms with Crippen molar-refractivity contribution in [2.24, 2.45) is 0 Å². The number of carbonyl (C=O) groups is 1. The summed E-state index contributed by atoms with van der Waals surface area (Å²) in [5.41, 5.74) is 1.20. The van der Waals surface area contributed by atoms with E-state index in [0.717, 1.165) is 22.1 Å². The van der Waals surface area contributed by atoms with Gasteiger partial charge in [0.15, 0.2) is 0 Å². The molecule has 1 aromatic carbocycles. The Bertz CT molecular complexity index is 498. The number of terminal acetylenes is 1. The number of nitrogens with one attached hydrogen (secondary N) is 1. The van der Waals surface area contributed by atoms with Gasteiger partial charge in [-0.2, -0.15) is 0 Å². The van der Waals surface area contributed by atoms with Crippen molar-refractivity contribution in [3.05, 3.63) is 28.2 Å². The first-order valence-corrected chi connectivity index (χ1v) is 6.83. The first-order chi connectivity index (χ1) is 8.81. The van der Waals surface area contributed by atoms with Crippen molar-refractivity contribution in [3.63, 3.8) is 0 Å². The Labute approximate surface area is 122 Å². The van der Waals surface area contributed by atoms with Crippen LogP contribution in [0.1, 0.15) is 32.8 Å². The topological polar surface area (TPSA) is 38.3 Å². The summed E-state index contributed by atoms with van der Waals surface area (Å²) in [7, 11) is 0. The summed E-state index contributed by atoms with van der Waals surface area (Å²) in [5.74, 6) is 2.59. The molecule has 0 atom stereocenters. The molecule has 0 aliphatic carbocycles. The summed E-state index contributed by atoms with van der Waals surface area (Å²) in [6.07, 6.45) is 6.15. The molecule has 1 amide bonds. The van der Waals surface area contributed by atoms with E-state index in [-0.39, 0.29) is 0 Å². The van der Waals surface area contributed by atoms with E-state index < -0.39 is 11.7 Å². The van der Waals surface area contributed by atoms with Crippen LogP contribution in [0.15, 0.2) is 22.7 Å². The molecule has 0 radical (unpaired) electrons. The van der Waals surface area contributed by atoms with Crippen LogP contribution in [0.5, 0.6) is 0 Å². The number of hydrogen-bond donors (Lipinski definition) is 1. The molecule has 0 unspecified atom stereocenters. The van der Waals surface area contributed by atoms with Crippen molar-refractivity contribution in [2.75, 3.05) is 5.32 Å². The van der Waals surface area contributed by atoms with Crippen LogP contribution < -0.4 is 5.32 Å². The van der Waals surface area contributed by atoms with Crippen LogP contribution in [0, 0.1) is 12.3 Å². The van der Waals surface area contributed by atoms with E-state index in [1.807, 2.05) is 39.0 Å². The van der Waals surface area contributed by atoms with Crippen molar-refractivity contribution < 1.29 is 9.53 Å². The summed E-state index contributed by atoms with van der Waals surface area (Å²) < 4.78 is 6.13. The molecule has 4 heteroatoms. The third-order valence-electron chi connectivity index (χ3n) is 2.25. The SMILES string of the molecule is C#CCCc1ccc(Br)cc1NC(=O)OC(C)(C)C. The Kier molecular flexibility index (Phi) is 5.44. The fourth-order valence-corrected chi connectivity index (χ4v) is 1.86. The summed E-state index contributed by atoms with van der Waals surface area (Å²) >= 11 is 3.38. The van der Waals surface area contributed by atoms with E-state index in [9.17, 15) is 4.79 Å². The Morgan fingerprint density at radius 3 is 2.74 bits per heavy atom. The zero-order valence-corrected chi connectivity index (χ0v) is 13.0. The molecular formula is C15H18BrNO2. The minimum absolute atomic E-state index is 0.465. The van der Waals surface area contributed by atoms with Crippen LogP contribution in [0.25, 0.3) is 0 Å². The molecule has 0 saturated carbocycles. The zero-order chi connectivity index (χ0) is 14.5. The second-order valence-corrected chi connectivity index (χ2v) is 6.05. The molecule has 1 N–H and O–H groups in total. The highest BCUT2D eigenvalue weighted by molar-refractivity contribution is 9.10. The Morgan fingerprint density at radius 1 is 1.47 bits per heavy atom. The lowest BCUT2D eigenvalue weighted by Gasteiger charge is -2.20. The number of hydrogen-bond acceptors (Lipinski definition) is 2. The Hall–Kier alpha value is -1.47. The van der Waals surface area contributed by atoms with E-state index in [2.05, 4.69) is 27.2 Å². The highest BCUT2D eigenvalue weighted by Crippen LogP contribution is 2.23. The van der Waals surface area contributed by atoms with E-state index in [0.29, 0.717) is 6.42 Å². The maximum atomic E-state index is 11.8. The van der Waals surface area contributed by atoms with Crippen molar-refractivity contribution in [1.29, 1.82) is 0 Å². The van der Waals surface area contributed by atoms with Gasteiger partial charge < -0.3 is 4.74 Å². The molecule has 0 aromatic heterocycles. The molecule has 19 heavy (non-hydrogen) atoms. The second kappa shape index (κ2) is 6.63. The van der Waals surface area contributed by atoms with Crippen molar-refractivity contribution in [2.45, 2.75) is 39.2 Å². The summed E-state index contributed by atoms with van der Waals surface area (Å²) in [4.78, 5) is 11.8. The number of ether oxygens (including phenoxy) is 1. The quantitative estimate of drug-likeness (QED) is 0.839. The smallest absolute Gasteiger partial charge is 0.412 e. The first kappa shape index (κ1) is 15.6. The highest BCUT2D eigenvalue weighted by Gasteiger charge is 2.17. The summed E-state index contributed by atoms with van der Waals surface area (Å²) in [6, 6.07) is 5.70. The van der Waals surface area contributed by atoms with Gasteiger partial charge in [0.25, 0.3) is 0 Å². The molecule has 0 fully saturated rings. The molecule has 1 aromatic rings. The number of anilines is 1. The van der Waals surface area contributed by atoms with Gasteiger partial charge in [-0.15, -0.1) is 12.3 Å². The number of aryl methyl sites for hydroxylation is 1. The minimum Gasteiger partial charge on any atom is -0.444 e. The monoisotopic (exact) mass is 323 g/mol. The van der Waals surface area contributed by atoms with Gasteiger partial charge in [-0.1, -0.05) is 22.0 Å². The van der Waals surface area contributed by atoms with Gasteiger partial charge in [0.2, 0.25) is 0 Å². The van der Waals surface area contributed by atoms with E-state index in [1.165, 1.54) is 0 Å². The molecule has 0 bridgehead atoms. The van der Waals surface area contributed by atoms with Crippen molar-refractivity contribution >= 4 is 27.7 Å². The van der Waals surface area contributed by atoms with Gasteiger partial charge in [0.05, 0.1) is 0 Å². The van der Waals surface area contributed by atoms with Crippen LogP contribution >= 0.6 is 15.9 Å². The second-order valence-electron chi connectivity index (χ2n) is 5.13. The lowest BCUT2D eigenvalue weighted by molar-refractivity contribution is 0.0636. The number of halogens is 1. The molecule has 0 heterocycles. The van der Waals surface area contributed by atoms with E-state index in [4.69, 9.17) is 11.2 Å². The maximum absolute atomic E-state index is 11.8. The van der Waals surface area contributed by atoms with Gasteiger partial charge in [0, 0.05) is 16.6 Å². The largest absolute Gasteiger partial charge is 0.444 e. The van der Waals surface area contributed by atoms with Crippen LogP contribution in [-0.2, 0) is 11.2 Å². The highest BCUT2D eigenvalue weighted by atomic mass is 79.9. The first-order valence-electron chi connectivity index (χ1n) is 6.04. The minimum atomic E-state index is -0.519. The van der Waals surface area contributed by atoms with Gasteiger partial charge in [0.1, 0.15) is 5.60 Å². The fourth-order valence-electron chi connectivity index (χ4n) is 1.50. The van der Waals surface area contributed by atoms with E-state index in [1.54, 1.807) is 0 Å². The average molecular weight is 324 g/mol. The van der Waals surface area contributed by atoms with Crippen LogP contribution in [0.2, 0.25) is 0 Å². The molecule has 0 aliphatic heterocycles. The number of benzene rings is 1. The molecule has 102 valence electrons. The van der Waals surface area contributed by atoms with Crippen LogP contribution in [0.3, 0.4) is 0 Å². The molecule has 0 saturated heterocycles. The Morgan fingerprint density at radius 2 is 2.16 bits per heavy atom. The molecular weight excluding hydrogens is 306 g/mol. The predicted octanol–water partition coefficient (Wildman–Crippen LogP) is 4.36. The third kappa shape index (κ3) is 5.80. The molecule has 0 spiro atoms. The Balaban J connectivity index is 2.84. The van der Waals surface area contributed by atoms with Crippen LogP contribution in [0.4, 0.5) is 10.5 Å². The molecule has 3 nitrogen and oxygen atoms in total. The average Bonchev–Trinajstić information content (AvgIpc) is 2.25. The summed E-state index contributed by atoms with van der Waals surface area (Å²) in [5, 5.41) is 2.76. The van der Waals surface area contributed by atoms with Crippen molar-refractivity contribution in [1.82, 2.24) is 0 Å². The van der Waals surface area contributed by atoms with Crippen molar-refractivity contribution in [3.8, 4) is 12.3 Å². The van der Waals surface area contributed by atoms with Gasteiger partial charge in [-0.3, -0.25) is 5.32 Å². The summed E-state index contributed by atoms with van der Waals surface area (Å²) in [6.45, 7) is 5.48. The van der Waals surface area contributed by atoms with Gasteiger partial charge >= 0.3 is 6.09 Å². The molecule has 1 rings (SSSR count). The lowest BCUT2D eigenvalue weighted by atomic mass is 10.1. The van der Waals surface area contributed by atoms with Crippen LogP contribution in [-0.4, -0.2) is 11.7 Å². The zero-order valence-electron chi connectivity index (χ0n) is 11.4. The molecule has 0 aliphatic rings. The normalized spacial score (nSPS) is 10.7. The number of carbonyl (C=O) groups excluding carboxylic acids is 1. The number of amides is 1. The van der Waals surface area contributed by atoms with Gasteiger partial charge in [-0.05, 0) is 44.9 Å².